The van der Waals surface area contributed by atoms with E-state index in [-0.39, 0.29) is 5.75 Å². The number of nitrogens with one attached hydrogen (secondary N) is 1. The lowest BCUT2D eigenvalue weighted by molar-refractivity contribution is 0.317. The van der Waals surface area contributed by atoms with Crippen molar-refractivity contribution >= 4 is 9.84 Å². The van der Waals surface area contributed by atoms with Gasteiger partial charge in [-0.15, -0.1) is 0 Å². The van der Waals surface area contributed by atoms with Crippen LogP contribution in [0.25, 0.3) is 0 Å². The molecule has 1 saturated heterocycles. The van der Waals surface area contributed by atoms with Gasteiger partial charge in [0.25, 0.3) is 0 Å². The summed E-state index contributed by atoms with van der Waals surface area (Å²) in [6, 6.07) is 0.455. The van der Waals surface area contributed by atoms with Gasteiger partial charge in [0.2, 0.25) is 0 Å². The first-order valence-corrected chi connectivity index (χ1v) is 8.04. The number of hydrogen-bond donors (Lipinski definition) is 1. The lowest BCUT2D eigenvalue weighted by Gasteiger charge is -2.21. The van der Waals surface area contributed by atoms with Crippen LogP contribution in [0.2, 0.25) is 0 Å². The fourth-order valence-electron chi connectivity index (χ4n) is 1.87. The maximum absolute atomic E-state index is 11.5. The van der Waals surface area contributed by atoms with Crippen molar-refractivity contribution in [1.29, 1.82) is 0 Å². The zero-order valence-corrected chi connectivity index (χ0v) is 11.7. The molecule has 0 spiro atoms. The van der Waals surface area contributed by atoms with Gasteiger partial charge in [0.1, 0.15) is 0 Å². The van der Waals surface area contributed by atoms with Crippen LogP contribution in [-0.2, 0) is 9.84 Å². The highest BCUT2D eigenvalue weighted by molar-refractivity contribution is 7.91. The summed E-state index contributed by atoms with van der Waals surface area (Å²) in [6.07, 6.45) is 0.743. The Hall–Kier alpha value is -0.390. The highest BCUT2D eigenvalue weighted by atomic mass is 32.2. The molecule has 0 amide bonds. The summed E-state index contributed by atoms with van der Waals surface area (Å²) in [6.45, 7) is 11.4. The van der Waals surface area contributed by atoms with Gasteiger partial charge >= 0.3 is 0 Å². The van der Waals surface area contributed by atoms with E-state index in [0.29, 0.717) is 18.3 Å². The second-order valence-electron chi connectivity index (χ2n) is 5.07. The van der Waals surface area contributed by atoms with Crippen molar-refractivity contribution in [2.24, 2.45) is 0 Å². The van der Waals surface area contributed by atoms with Gasteiger partial charge in [0.15, 0.2) is 9.84 Å². The Balaban J connectivity index is 2.34. The van der Waals surface area contributed by atoms with Crippen LogP contribution >= 0.6 is 0 Å². The van der Waals surface area contributed by atoms with Crippen LogP contribution in [-0.4, -0.2) is 57.0 Å². The molecule has 0 radical (unpaired) electrons. The summed E-state index contributed by atoms with van der Waals surface area (Å²) in [5, 5.41) is 3.32. The Morgan fingerprint density at radius 3 is 2.71 bits per heavy atom. The topological polar surface area (TPSA) is 49.4 Å². The van der Waals surface area contributed by atoms with Crippen LogP contribution in [0.4, 0.5) is 0 Å². The van der Waals surface area contributed by atoms with Crippen LogP contribution in [0, 0.1) is 0 Å². The zero-order chi connectivity index (χ0) is 12.9. The van der Waals surface area contributed by atoms with Gasteiger partial charge in [-0.25, -0.2) is 8.42 Å². The predicted octanol–water partition coefficient (Wildman–Crippen LogP) is 0.661. The molecule has 0 aromatic heterocycles. The minimum Gasteiger partial charge on any atom is -0.311 e. The number of hydrogen-bond acceptors (Lipinski definition) is 4. The van der Waals surface area contributed by atoms with Gasteiger partial charge in [-0.05, 0) is 18.5 Å². The fraction of sp³-hybridized carbons (Fsp3) is 0.833. The van der Waals surface area contributed by atoms with Gasteiger partial charge in [-0.2, -0.15) is 0 Å². The quantitative estimate of drug-likeness (QED) is 0.738. The van der Waals surface area contributed by atoms with E-state index < -0.39 is 9.84 Å². The third-order valence-electron chi connectivity index (χ3n) is 2.86. The average molecular weight is 260 g/mol. The van der Waals surface area contributed by atoms with Crippen molar-refractivity contribution in [2.75, 3.05) is 37.7 Å². The average Bonchev–Trinajstić information content (AvgIpc) is 2.37. The Morgan fingerprint density at radius 1 is 1.35 bits per heavy atom. The molecule has 1 heterocycles. The maximum Gasteiger partial charge on any atom is 0.151 e. The lowest BCUT2D eigenvalue weighted by Crippen LogP contribution is -2.33. The van der Waals surface area contributed by atoms with Crippen molar-refractivity contribution in [3.63, 3.8) is 0 Å². The lowest BCUT2D eigenvalue weighted by atomic mass is 10.2. The predicted molar refractivity (Wildman–Crippen MR) is 72.0 cm³/mol. The Labute approximate surface area is 105 Å². The molecule has 100 valence electrons. The van der Waals surface area contributed by atoms with E-state index in [2.05, 4.69) is 30.6 Å². The standard InChI is InChI=1S/C12H24N2O2S/c1-11(2)13-9-12(3)10-14-5-4-7-17(15,16)8-6-14/h11,13H,3-10H2,1-2H3. The minimum atomic E-state index is -2.80. The van der Waals surface area contributed by atoms with Gasteiger partial charge in [-0.1, -0.05) is 20.4 Å². The number of nitrogens with zero attached hydrogens (tertiary/aromatic N) is 1. The van der Waals surface area contributed by atoms with E-state index in [1.807, 2.05) is 0 Å². The molecule has 1 fully saturated rings. The number of rotatable bonds is 5. The van der Waals surface area contributed by atoms with Crippen molar-refractivity contribution in [3.05, 3.63) is 12.2 Å². The van der Waals surface area contributed by atoms with Crippen molar-refractivity contribution in [1.82, 2.24) is 10.2 Å². The fourth-order valence-corrected chi connectivity index (χ4v) is 3.18. The first-order valence-electron chi connectivity index (χ1n) is 6.22. The van der Waals surface area contributed by atoms with E-state index in [4.69, 9.17) is 0 Å². The normalized spacial score (nSPS) is 21.4. The highest BCUT2D eigenvalue weighted by Gasteiger charge is 2.19. The third kappa shape index (κ3) is 6.19. The molecule has 1 rings (SSSR count). The molecule has 0 aromatic rings. The van der Waals surface area contributed by atoms with E-state index in [0.717, 1.165) is 31.6 Å². The maximum atomic E-state index is 11.5. The summed E-state index contributed by atoms with van der Waals surface area (Å²) >= 11 is 0. The molecule has 1 aliphatic heterocycles. The monoisotopic (exact) mass is 260 g/mol. The van der Waals surface area contributed by atoms with E-state index in [9.17, 15) is 8.42 Å². The Kier molecular flexibility index (Phi) is 5.62. The van der Waals surface area contributed by atoms with Crippen molar-refractivity contribution in [3.8, 4) is 0 Å². The molecule has 1 aliphatic rings. The highest BCUT2D eigenvalue weighted by Crippen LogP contribution is 2.06. The minimum absolute atomic E-state index is 0.290. The molecule has 0 aromatic carbocycles. The summed E-state index contributed by atoms with van der Waals surface area (Å²) < 4.78 is 22.9. The number of sulfone groups is 1. The smallest absolute Gasteiger partial charge is 0.151 e. The molecule has 0 saturated carbocycles. The van der Waals surface area contributed by atoms with Crippen LogP contribution in [0.5, 0.6) is 0 Å². The Bertz CT molecular complexity index is 350. The first-order chi connectivity index (χ1) is 7.89. The molecule has 0 aliphatic carbocycles. The third-order valence-corrected chi connectivity index (χ3v) is 4.57. The molecule has 5 heteroatoms. The molecule has 17 heavy (non-hydrogen) atoms. The zero-order valence-electron chi connectivity index (χ0n) is 10.9. The van der Waals surface area contributed by atoms with Crippen LogP contribution in [0.15, 0.2) is 12.2 Å². The Morgan fingerprint density at radius 2 is 2.06 bits per heavy atom. The van der Waals surface area contributed by atoms with E-state index in [1.54, 1.807) is 0 Å². The van der Waals surface area contributed by atoms with E-state index in [1.165, 1.54) is 0 Å². The second kappa shape index (κ2) is 6.52. The summed E-state index contributed by atoms with van der Waals surface area (Å²) in [5.41, 5.74) is 1.12. The molecular formula is C12H24N2O2S. The first kappa shape index (κ1) is 14.7. The SMILES string of the molecule is C=C(CNC(C)C)CN1CCCS(=O)(=O)CC1. The largest absolute Gasteiger partial charge is 0.311 e. The van der Waals surface area contributed by atoms with Gasteiger partial charge in [0.05, 0.1) is 11.5 Å². The summed E-state index contributed by atoms with van der Waals surface area (Å²) in [4.78, 5) is 2.19. The van der Waals surface area contributed by atoms with Gasteiger partial charge < -0.3 is 5.32 Å². The second-order valence-corrected chi connectivity index (χ2v) is 7.37. The van der Waals surface area contributed by atoms with Gasteiger partial charge in [-0.3, -0.25) is 4.90 Å². The van der Waals surface area contributed by atoms with Gasteiger partial charge in [0, 0.05) is 25.7 Å². The molecule has 0 bridgehead atoms. The van der Waals surface area contributed by atoms with Crippen LogP contribution in [0.1, 0.15) is 20.3 Å². The summed E-state index contributed by atoms with van der Waals surface area (Å²) in [7, 11) is -2.80. The summed E-state index contributed by atoms with van der Waals surface area (Å²) in [5.74, 6) is 0.623. The van der Waals surface area contributed by atoms with Crippen LogP contribution in [0.3, 0.4) is 0 Å². The van der Waals surface area contributed by atoms with Crippen molar-refractivity contribution in [2.45, 2.75) is 26.3 Å². The van der Waals surface area contributed by atoms with E-state index >= 15 is 0 Å². The molecular weight excluding hydrogens is 236 g/mol. The molecule has 1 N–H and O–H groups in total. The molecule has 4 nitrogen and oxygen atoms in total. The van der Waals surface area contributed by atoms with Crippen LogP contribution < -0.4 is 5.32 Å². The molecule has 0 atom stereocenters. The van der Waals surface area contributed by atoms with Crippen molar-refractivity contribution < 1.29 is 8.42 Å². The molecule has 0 unspecified atom stereocenters.